The zero-order valence-electron chi connectivity index (χ0n) is 13.3. The molecule has 2 aromatic heterocycles. The maximum absolute atomic E-state index is 11.7. The van der Waals surface area contributed by atoms with Crippen LogP contribution in [0.3, 0.4) is 0 Å². The van der Waals surface area contributed by atoms with Gasteiger partial charge in [-0.2, -0.15) is 5.10 Å². The maximum atomic E-state index is 11.7. The first-order valence-electron chi connectivity index (χ1n) is 7.38. The predicted octanol–water partition coefficient (Wildman–Crippen LogP) is 2.82. The van der Waals surface area contributed by atoms with E-state index in [0.29, 0.717) is 6.54 Å². The van der Waals surface area contributed by atoms with Gasteiger partial charge in [0.2, 0.25) is 0 Å². The van der Waals surface area contributed by atoms with E-state index < -0.39 is 0 Å². The minimum absolute atomic E-state index is 0.00734. The SMILES string of the molecule is CCCn1cc(NCc2cnn(C(C)(C)C)c2)ccc1=O. The van der Waals surface area contributed by atoms with E-state index in [-0.39, 0.29) is 11.1 Å². The Hall–Kier alpha value is -2.04. The molecule has 0 spiro atoms. The first kappa shape index (κ1) is 15.4. The Morgan fingerprint density at radius 1 is 1.24 bits per heavy atom. The molecule has 0 unspecified atom stereocenters. The van der Waals surface area contributed by atoms with E-state index in [4.69, 9.17) is 0 Å². The van der Waals surface area contributed by atoms with E-state index >= 15 is 0 Å². The average Bonchev–Trinajstić information content (AvgIpc) is 2.89. The minimum Gasteiger partial charge on any atom is -0.380 e. The van der Waals surface area contributed by atoms with Crippen molar-refractivity contribution < 1.29 is 0 Å². The molecule has 2 heterocycles. The molecule has 0 aliphatic carbocycles. The van der Waals surface area contributed by atoms with Crippen LogP contribution < -0.4 is 10.9 Å². The molecule has 2 aromatic rings. The van der Waals surface area contributed by atoms with Crippen LogP contribution in [0.5, 0.6) is 0 Å². The number of rotatable bonds is 5. The molecule has 0 aromatic carbocycles. The summed E-state index contributed by atoms with van der Waals surface area (Å²) in [5.41, 5.74) is 2.11. The molecule has 0 amide bonds. The maximum Gasteiger partial charge on any atom is 0.250 e. The second kappa shape index (κ2) is 6.16. The smallest absolute Gasteiger partial charge is 0.250 e. The lowest BCUT2D eigenvalue weighted by Gasteiger charge is -2.18. The molecule has 21 heavy (non-hydrogen) atoms. The first-order chi connectivity index (χ1) is 9.90. The van der Waals surface area contributed by atoms with Gasteiger partial charge in [0.25, 0.3) is 5.56 Å². The normalized spacial score (nSPS) is 11.6. The highest BCUT2D eigenvalue weighted by Crippen LogP contribution is 2.14. The standard InChI is InChI=1S/C16H24N4O/c1-5-8-19-12-14(6-7-15(19)21)17-9-13-10-18-20(11-13)16(2,3)4/h6-7,10-12,17H,5,8-9H2,1-4H3. The highest BCUT2D eigenvalue weighted by molar-refractivity contribution is 5.40. The monoisotopic (exact) mass is 288 g/mol. The second-order valence-corrected chi connectivity index (χ2v) is 6.27. The predicted molar refractivity (Wildman–Crippen MR) is 85.5 cm³/mol. The van der Waals surface area contributed by atoms with E-state index in [0.717, 1.165) is 24.2 Å². The van der Waals surface area contributed by atoms with Crippen LogP contribution >= 0.6 is 0 Å². The molecule has 0 saturated carbocycles. The Morgan fingerprint density at radius 2 is 2.00 bits per heavy atom. The van der Waals surface area contributed by atoms with Crippen LogP contribution in [0.1, 0.15) is 39.7 Å². The summed E-state index contributed by atoms with van der Waals surface area (Å²) in [6, 6.07) is 3.43. The van der Waals surface area contributed by atoms with Crippen LogP contribution in [0.25, 0.3) is 0 Å². The summed E-state index contributed by atoms with van der Waals surface area (Å²) in [5.74, 6) is 0. The quantitative estimate of drug-likeness (QED) is 0.920. The fraction of sp³-hybridized carbons (Fsp3) is 0.500. The van der Waals surface area contributed by atoms with Gasteiger partial charge in [-0.25, -0.2) is 0 Å². The number of aromatic nitrogens is 3. The molecule has 5 nitrogen and oxygen atoms in total. The highest BCUT2D eigenvalue weighted by atomic mass is 16.1. The summed E-state index contributed by atoms with van der Waals surface area (Å²) < 4.78 is 3.70. The summed E-state index contributed by atoms with van der Waals surface area (Å²) >= 11 is 0. The van der Waals surface area contributed by atoms with Crippen molar-refractivity contribution in [3.8, 4) is 0 Å². The van der Waals surface area contributed by atoms with Gasteiger partial charge in [0.15, 0.2) is 0 Å². The van der Waals surface area contributed by atoms with Gasteiger partial charge >= 0.3 is 0 Å². The Morgan fingerprint density at radius 3 is 2.62 bits per heavy atom. The lowest BCUT2D eigenvalue weighted by atomic mass is 10.1. The Bertz CT molecular complexity index is 649. The van der Waals surface area contributed by atoms with Crippen LogP contribution in [0.4, 0.5) is 5.69 Å². The third-order valence-corrected chi connectivity index (χ3v) is 3.27. The van der Waals surface area contributed by atoms with E-state index in [1.807, 2.05) is 23.1 Å². The number of anilines is 1. The van der Waals surface area contributed by atoms with Crippen molar-refractivity contribution in [2.45, 2.75) is 52.7 Å². The van der Waals surface area contributed by atoms with E-state index in [1.54, 1.807) is 10.6 Å². The number of aryl methyl sites for hydroxylation is 1. The molecular weight excluding hydrogens is 264 g/mol. The topological polar surface area (TPSA) is 51.9 Å². The van der Waals surface area contributed by atoms with Crippen molar-refractivity contribution in [3.63, 3.8) is 0 Å². The highest BCUT2D eigenvalue weighted by Gasteiger charge is 2.13. The van der Waals surface area contributed by atoms with Crippen molar-refractivity contribution in [1.29, 1.82) is 0 Å². The second-order valence-electron chi connectivity index (χ2n) is 6.27. The summed E-state index contributed by atoms with van der Waals surface area (Å²) in [4.78, 5) is 11.7. The number of pyridine rings is 1. The zero-order chi connectivity index (χ0) is 15.5. The third-order valence-electron chi connectivity index (χ3n) is 3.27. The van der Waals surface area contributed by atoms with Gasteiger partial charge in [0.1, 0.15) is 0 Å². The summed E-state index contributed by atoms with van der Waals surface area (Å²) in [7, 11) is 0. The molecule has 0 fully saturated rings. The van der Waals surface area contributed by atoms with Crippen LogP contribution in [0, 0.1) is 0 Å². The molecule has 5 heteroatoms. The number of nitrogens with one attached hydrogen (secondary N) is 1. The van der Waals surface area contributed by atoms with Crippen LogP contribution in [0.2, 0.25) is 0 Å². The van der Waals surface area contributed by atoms with Crippen LogP contribution in [-0.4, -0.2) is 14.3 Å². The van der Waals surface area contributed by atoms with Gasteiger partial charge in [-0.15, -0.1) is 0 Å². The van der Waals surface area contributed by atoms with E-state index in [9.17, 15) is 4.79 Å². The Kier molecular flexibility index (Phi) is 4.50. The van der Waals surface area contributed by atoms with Crippen molar-refractivity contribution in [2.75, 3.05) is 5.32 Å². The molecule has 2 rings (SSSR count). The number of nitrogens with zero attached hydrogens (tertiary/aromatic N) is 3. The molecule has 0 saturated heterocycles. The van der Waals surface area contributed by atoms with Gasteiger partial charge in [-0.05, 0) is 33.3 Å². The van der Waals surface area contributed by atoms with Crippen molar-refractivity contribution in [2.24, 2.45) is 0 Å². The minimum atomic E-state index is -0.00734. The van der Waals surface area contributed by atoms with Gasteiger partial charge in [0, 0.05) is 37.1 Å². The molecule has 0 bridgehead atoms. The lowest BCUT2D eigenvalue weighted by Crippen LogP contribution is -2.22. The van der Waals surface area contributed by atoms with Crippen molar-refractivity contribution in [3.05, 3.63) is 46.6 Å². The van der Waals surface area contributed by atoms with E-state index in [1.165, 1.54) is 0 Å². The molecule has 0 radical (unpaired) electrons. The molecule has 0 atom stereocenters. The summed E-state index contributed by atoms with van der Waals surface area (Å²) in [5, 5.41) is 7.72. The lowest BCUT2D eigenvalue weighted by molar-refractivity contribution is 0.355. The van der Waals surface area contributed by atoms with Gasteiger partial charge in [-0.1, -0.05) is 6.92 Å². The van der Waals surface area contributed by atoms with Crippen molar-refractivity contribution >= 4 is 5.69 Å². The van der Waals surface area contributed by atoms with Gasteiger partial charge in [-0.3, -0.25) is 9.48 Å². The Labute approximate surface area is 125 Å². The summed E-state index contributed by atoms with van der Waals surface area (Å²) in [6.07, 6.45) is 6.75. The number of hydrogen-bond donors (Lipinski definition) is 1. The number of hydrogen-bond acceptors (Lipinski definition) is 3. The molecule has 0 aliphatic rings. The van der Waals surface area contributed by atoms with Crippen LogP contribution in [0.15, 0.2) is 35.5 Å². The fourth-order valence-corrected chi connectivity index (χ4v) is 2.07. The molecule has 114 valence electrons. The fourth-order valence-electron chi connectivity index (χ4n) is 2.07. The third kappa shape index (κ3) is 3.97. The molecule has 1 N–H and O–H groups in total. The Balaban J connectivity index is 2.04. The van der Waals surface area contributed by atoms with Crippen molar-refractivity contribution in [1.82, 2.24) is 14.3 Å². The molecule has 0 aliphatic heterocycles. The van der Waals surface area contributed by atoms with Gasteiger partial charge in [0.05, 0.1) is 17.4 Å². The largest absolute Gasteiger partial charge is 0.380 e. The summed E-state index contributed by atoms with van der Waals surface area (Å²) in [6.45, 7) is 9.87. The van der Waals surface area contributed by atoms with E-state index in [2.05, 4.69) is 44.3 Å². The average molecular weight is 288 g/mol. The van der Waals surface area contributed by atoms with Crippen LogP contribution in [-0.2, 0) is 18.6 Å². The molecular formula is C16H24N4O. The van der Waals surface area contributed by atoms with Gasteiger partial charge < -0.3 is 9.88 Å². The zero-order valence-corrected chi connectivity index (χ0v) is 13.3. The first-order valence-corrected chi connectivity index (χ1v) is 7.38.